The number of carbonyl (C=O) groups excluding carboxylic acids is 3. The zero-order valence-electron chi connectivity index (χ0n) is 15.2. The van der Waals surface area contributed by atoms with Crippen LogP contribution in [0.15, 0.2) is 53.6 Å². The van der Waals surface area contributed by atoms with Crippen molar-refractivity contribution in [2.75, 3.05) is 26.4 Å². The average Bonchev–Trinajstić information content (AvgIpc) is 2.73. The van der Waals surface area contributed by atoms with E-state index in [0.29, 0.717) is 12.2 Å². The first kappa shape index (κ1) is 19.3. The number of hydrogen-bond acceptors (Lipinski definition) is 7. The largest absolute Gasteiger partial charge is 0.493 e. The molecule has 0 bridgehead atoms. The maximum absolute atomic E-state index is 12.6. The lowest BCUT2D eigenvalue weighted by Gasteiger charge is -2.29. The summed E-state index contributed by atoms with van der Waals surface area (Å²) in [6, 6.07) is 7.69. The van der Waals surface area contributed by atoms with E-state index in [1.54, 1.807) is 31.2 Å². The maximum Gasteiger partial charge on any atom is 0.377 e. The molecule has 0 saturated heterocycles. The molecular formula is C19H20N2O7. The summed E-state index contributed by atoms with van der Waals surface area (Å²) in [7, 11) is 0. The fourth-order valence-electron chi connectivity index (χ4n) is 2.76. The Morgan fingerprint density at radius 1 is 1.14 bits per heavy atom. The van der Waals surface area contributed by atoms with Crippen LogP contribution in [-0.4, -0.2) is 44.4 Å². The normalized spacial score (nSPS) is 18.7. The molecule has 0 aliphatic carbocycles. The Morgan fingerprint density at radius 3 is 2.61 bits per heavy atom. The molecule has 3 rings (SSSR count). The molecule has 0 aromatic heterocycles. The summed E-state index contributed by atoms with van der Waals surface area (Å²) in [6.45, 7) is 2.06. The molecule has 9 nitrogen and oxygen atoms in total. The summed E-state index contributed by atoms with van der Waals surface area (Å²) in [5.41, 5.74) is 0.993. The summed E-state index contributed by atoms with van der Waals surface area (Å²) in [5.74, 6) is -1.46. The fraction of sp³-hybridized carbons (Fsp3) is 0.316. The van der Waals surface area contributed by atoms with E-state index < -0.39 is 24.0 Å². The Hall–Kier alpha value is -3.49. The number of benzene rings is 1. The highest BCUT2D eigenvalue weighted by molar-refractivity contribution is 5.95. The summed E-state index contributed by atoms with van der Waals surface area (Å²) < 4.78 is 20.5. The van der Waals surface area contributed by atoms with Crippen LogP contribution in [0.3, 0.4) is 0 Å². The van der Waals surface area contributed by atoms with Crippen molar-refractivity contribution in [1.29, 1.82) is 0 Å². The number of hydrogen-bond donors (Lipinski definition) is 2. The molecule has 1 atom stereocenters. The van der Waals surface area contributed by atoms with E-state index in [-0.39, 0.29) is 36.8 Å². The van der Waals surface area contributed by atoms with Crippen LogP contribution in [0.2, 0.25) is 0 Å². The van der Waals surface area contributed by atoms with Gasteiger partial charge < -0.3 is 29.6 Å². The van der Waals surface area contributed by atoms with Gasteiger partial charge in [-0.25, -0.2) is 14.4 Å². The summed E-state index contributed by atoms with van der Waals surface area (Å²) in [5, 5.41) is 5.22. The Bertz CT molecular complexity index is 817. The average molecular weight is 388 g/mol. The van der Waals surface area contributed by atoms with Crippen LogP contribution in [0.1, 0.15) is 18.5 Å². The van der Waals surface area contributed by atoms with Gasteiger partial charge in [0.2, 0.25) is 5.76 Å². The third kappa shape index (κ3) is 4.43. The molecule has 1 unspecified atom stereocenters. The predicted octanol–water partition coefficient (Wildman–Crippen LogP) is 1.29. The van der Waals surface area contributed by atoms with E-state index in [1.807, 2.05) is 6.07 Å². The van der Waals surface area contributed by atoms with Crippen LogP contribution < -0.4 is 10.6 Å². The highest BCUT2D eigenvalue weighted by atomic mass is 16.6. The van der Waals surface area contributed by atoms with Gasteiger partial charge in [-0.2, -0.15) is 0 Å². The first-order valence-corrected chi connectivity index (χ1v) is 8.74. The standard InChI is InChI=1S/C19H20N2O7/c1-2-26-18(23)15-13(10-28-17(22)14-11-25-8-9-27-14)20-19(24)21-16(15)12-6-4-3-5-7-12/h3-7,11,16H,2,8-10H2,1H3,(H2,20,21,24). The second-order valence-corrected chi connectivity index (χ2v) is 5.83. The van der Waals surface area contributed by atoms with Crippen LogP contribution in [0.5, 0.6) is 0 Å². The van der Waals surface area contributed by atoms with Gasteiger partial charge in [-0.3, -0.25) is 0 Å². The van der Waals surface area contributed by atoms with Gasteiger partial charge in [0.15, 0.2) is 0 Å². The monoisotopic (exact) mass is 388 g/mol. The van der Waals surface area contributed by atoms with Crippen LogP contribution in [0.25, 0.3) is 0 Å². The van der Waals surface area contributed by atoms with Crippen molar-refractivity contribution in [2.45, 2.75) is 13.0 Å². The molecule has 2 N–H and O–H groups in total. The number of esters is 2. The topological polar surface area (TPSA) is 112 Å². The molecule has 2 heterocycles. The minimum atomic E-state index is -0.764. The zero-order chi connectivity index (χ0) is 19.9. The highest BCUT2D eigenvalue weighted by Crippen LogP contribution is 2.28. The third-order valence-corrected chi connectivity index (χ3v) is 3.98. The predicted molar refractivity (Wildman–Crippen MR) is 95.5 cm³/mol. The van der Waals surface area contributed by atoms with Crippen molar-refractivity contribution in [3.8, 4) is 0 Å². The van der Waals surface area contributed by atoms with Gasteiger partial charge in [0, 0.05) is 0 Å². The van der Waals surface area contributed by atoms with E-state index in [9.17, 15) is 14.4 Å². The van der Waals surface area contributed by atoms with E-state index in [4.69, 9.17) is 18.9 Å². The Morgan fingerprint density at radius 2 is 1.93 bits per heavy atom. The molecule has 2 aliphatic heterocycles. The van der Waals surface area contributed by atoms with E-state index in [1.165, 1.54) is 6.26 Å². The van der Waals surface area contributed by atoms with E-state index in [2.05, 4.69) is 10.6 Å². The minimum Gasteiger partial charge on any atom is -0.493 e. The van der Waals surface area contributed by atoms with Crippen LogP contribution in [0.4, 0.5) is 4.79 Å². The molecule has 0 saturated carbocycles. The first-order chi connectivity index (χ1) is 13.6. The number of rotatable bonds is 6. The molecule has 148 valence electrons. The van der Waals surface area contributed by atoms with Crippen LogP contribution in [0, 0.1) is 0 Å². The lowest BCUT2D eigenvalue weighted by molar-refractivity contribution is -0.144. The van der Waals surface area contributed by atoms with Crippen LogP contribution >= 0.6 is 0 Å². The van der Waals surface area contributed by atoms with Crippen molar-refractivity contribution in [1.82, 2.24) is 10.6 Å². The lowest BCUT2D eigenvalue weighted by Crippen LogP contribution is -2.47. The molecule has 28 heavy (non-hydrogen) atoms. The maximum atomic E-state index is 12.6. The number of ether oxygens (including phenoxy) is 4. The molecule has 9 heteroatoms. The number of nitrogens with one attached hydrogen (secondary N) is 2. The lowest BCUT2D eigenvalue weighted by atomic mass is 9.95. The molecule has 2 amide bonds. The summed E-state index contributed by atoms with van der Waals surface area (Å²) in [4.78, 5) is 36.8. The van der Waals surface area contributed by atoms with Gasteiger partial charge in [0.1, 0.15) is 26.1 Å². The van der Waals surface area contributed by atoms with E-state index in [0.717, 1.165) is 0 Å². The summed E-state index contributed by atoms with van der Waals surface area (Å²) in [6.07, 6.45) is 1.17. The minimum absolute atomic E-state index is 0.0793. The molecular weight excluding hydrogens is 368 g/mol. The Labute approximate surface area is 161 Å². The van der Waals surface area contributed by atoms with Crippen molar-refractivity contribution in [3.63, 3.8) is 0 Å². The molecule has 0 spiro atoms. The van der Waals surface area contributed by atoms with E-state index >= 15 is 0 Å². The van der Waals surface area contributed by atoms with Crippen LogP contribution in [-0.2, 0) is 28.5 Å². The second-order valence-electron chi connectivity index (χ2n) is 5.83. The smallest absolute Gasteiger partial charge is 0.377 e. The van der Waals surface area contributed by atoms with Gasteiger partial charge in [-0.1, -0.05) is 30.3 Å². The number of urea groups is 1. The van der Waals surface area contributed by atoms with Gasteiger partial charge in [-0.05, 0) is 12.5 Å². The molecule has 1 aromatic carbocycles. The molecule has 2 aliphatic rings. The van der Waals surface area contributed by atoms with Gasteiger partial charge >= 0.3 is 18.0 Å². The highest BCUT2D eigenvalue weighted by Gasteiger charge is 2.34. The second kappa shape index (κ2) is 8.94. The van der Waals surface area contributed by atoms with Crippen molar-refractivity contribution in [3.05, 3.63) is 59.2 Å². The summed E-state index contributed by atoms with van der Waals surface area (Å²) >= 11 is 0. The fourth-order valence-corrected chi connectivity index (χ4v) is 2.76. The SMILES string of the molecule is CCOC(=O)C1=C(COC(=O)C2=COCCO2)NC(=O)NC1c1ccccc1. The number of carbonyl (C=O) groups is 3. The number of amides is 2. The molecule has 0 radical (unpaired) electrons. The quantitative estimate of drug-likeness (QED) is 0.706. The third-order valence-electron chi connectivity index (χ3n) is 3.98. The Balaban J connectivity index is 1.87. The molecule has 0 fully saturated rings. The Kier molecular flexibility index (Phi) is 6.15. The first-order valence-electron chi connectivity index (χ1n) is 8.74. The van der Waals surface area contributed by atoms with Crippen molar-refractivity contribution < 1.29 is 33.3 Å². The van der Waals surface area contributed by atoms with Crippen molar-refractivity contribution >= 4 is 18.0 Å². The van der Waals surface area contributed by atoms with Gasteiger partial charge in [0.25, 0.3) is 0 Å². The van der Waals surface area contributed by atoms with Gasteiger partial charge in [0.05, 0.1) is 23.9 Å². The van der Waals surface area contributed by atoms with Gasteiger partial charge in [-0.15, -0.1) is 0 Å². The molecule has 1 aromatic rings. The van der Waals surface area contributed by atoms with Crippen molar-refractivity contribution in [2.24, 2.45) is 0 Å². The zero-order valence-corrected chi connectivity index (χ0v) is 15.2.